The number of carbonyl (C=O) groups excluding carboxylic acids is 1. The van der Waals surface area contributed by atoms with Crippen molar-refractivity contribution in [2.45, 2.75) is 6.54 Å². The van der Waals surface area contributed by atoms with E-state index in [9.17, 15) is 13.2 Å². The van der Waals surface area contributed by atoms with Crippen LogP contribution in [0.4, 0.5) is 5.69 Å². The van der Waals surface area contributed by atoms with Gasteiger partial charge in [0.2, 0.25) is 0 Å². The maximum atomic E-state index is 12.3. The van der Waals surface area contributed by atoms with Crippen molar-refractivity contribution in [2.75, 3.05) is 4.72 Å². The second kappa shape index (κ2) is 9.41. The first-order valence-electron chi connectivity index (χ1n) is 8.80. The van der Waals surface area contributed by atoms with Gasteiger partial charge in [-0.05, 0) is 53.6 Å². The number of hydrogen-bond donors (Lipinski definition) is 2. The third-order valence-electron chi connectivity index (χ3n) is 3.99. The Morgan fingerprint density at radius 3 is 2.34 bits per heavy atom. The molecule has 0 aliphatic carbocycles. The van der Waals surface area contributed by atoms with E-state index in [-0.39, 0.29) is 5.91 Å². The molecule has 7 heteroatoms. The molecular weight excluding hydrogens is 408 g/mol. The smallest absolute Gasteiger partial charge is 0.255 e. The Balaban J connectivity index is 1.59. The molecule has 3 aromatic rings. The number of anilines is 1. The number of sulfonamides is 1. The third kappa shape index (κ3) is 6.48. The van der Waals surface area contributed by atoms with Gasteiger partial charge in [0.1, 0.15) is 0 Å². The number of hydrogen-bond acceptors (Lipinski definition) is 3. The first-order chi connectivity index (χ1) is 13.9. The molecule has 148 valence electrons. The van der Waals surface area contributed by atoms with Crippen LogP contribution in [0.5, 0.6) is 0 Å². The van der Waals surface area contributed by atoms with Crippen LogP contribution in [0.1, 0.15) is 21.5 Å². The van der Waals surface area contributed by atoms with E-state index in [1.54, 1.807) is 36.4 Å². The zero-order valence-corrected chi connectivity index (χ0v) is 17.0. The van der Waals surface area contributed by atoms with E-state index >= 15 is 0 Å². The fraction of sp³-hybridized carbons (Fsp3) is 0.0455. The molecular formula is C22H19ClN2O3S. The van der Waals surface area contributed by atoms with E-state index in [4.69, 9.17) is 11.6 Å². The number of benzene rings is 3. The highest BCUT2D eigenvalue weighted by Crippen LogP contribution is 2.14. The van der Waals surface area contributed by atoms with E-state index < -0.39 is 10.0 Å². The Hall–Kier alpha value is -3.09. The standard InChI is InChI=1S/C22H19ClN2O3S/c23-20-8-4-7-18(15-20)16-24-22(26)19-9-11-21(12-10-19)25-29(27,28)14-13-17-5-2-1-3-6-17/h1-15,25H,16H2,(H,24,26). The number of halogens is 1. The second-order valence-electron chi connectivity index (χ2n) is 6.25. The summed E-state index contributed by atoms with van der Waals surface area (Å²) in [5.74, 6) is -0.261. The maximum absolute atomic E-state index is 12.3. The number of nitrogens with one attached hydrogen (secondary N) is 2. The lowest BCUT2D eigenvalue weighted by molar-refractivity contribution is 0.0951. The highest BCUT2D eigenvalue weighted by atomic mass is 35.5. The zero-order valence-electron chi connectivity index (χ0n) is 15.4. The minimum Gasteiger partial charge on any atom is -0.348 e. The summed E-state index contributed by atoms with van der Waals surface area (Å²) in [7, 11) is -3.66. The normalized spacial score (nSPS) is 11.3. The van der Waals surface area contributed by atoms with Crippen molar-refractivity contribution in [3.05, 3.63) is 106 Å². The van der Waals surface area contributed by atoms with Gasteiger partial charge >= 0.3 is 0 Å². The lowest BCUT2D eigenvalue weighted by Crippen LogP contribution is -2.22. The summed E-state index contributed by atoms with van der Waals surface area (Å²) in [6, 6.07) is 22.6. The van der Waals surface area contributed by atoms with E-state index in [2.05, 4.69) is 10.0 Å². The molecule has 0 heterocycles. The molecule has 3 aromatic carbocycles. The van der Waals surface area contributed by atoms with Gasteiger partial charge in [-0.25, -0.2) is 8.42 Å². The van der Waals surface area contributed by atoms with Crippen LogP contribution in [-0.2, 0) is 16.6 Å². The molecule has 0 aliphatic heterocycles. The molecule has 5 nitrogen and oxygen atoms in total. The lowest BCUT2D eigenvalue weighted by Gasteiger charge is -2.08. The van der Waals surface area contributed by atoms with Gasteiger partial charge in [0.05, 0.1) is 5.41 Å². The predicted octanol–water partition coefficient (Wildman–Crippen LogP) is 4.68. The Morgan fingerprint density at radius 1 is 0.931 bits per heavy atom. The Labute approximate surface area is 175 Å². The van der Waals surface area contributed by atoms with Gasteiger partial charge in [0.25, 0.3) is 15.9 Å². The Morgan fingerprint density at radius 2 is 1.66 bits per heavy atom. The van der Waals surface area contributed by atoms with Gasteiger partial charge in [0, 0.05) is 22.8 Å². The van der Waals surface area contributed by atoms with Gasteiger partial charge in [-0.3, -0.25) is 9.52 Å². The van der Waals surface area contributed by atoms with Crippen LogP contribution in [0, 0.1) is 0 Å². The molecule has 0 atom stereocenters. The van der Waals surface area contributed by atoms with Gasteiger partial charge in [-0.1, -0.05) is 54.1 Å². The first kappa shape index (κ1) is 20.6. The van der Waals surface area contributed by atoms with E-state index in [1.165, 1.54) is 6.08 Å². The number of rotatable bonds is 7. The summed E-state index contributed by atoms with van der Waals surface area (Å²) in [5, 5.41) is 4.51. The van der Waals surface area contributed by atoms with Crippen molar-refractivity contribution in [1.29, 1.82) is 0 Å². The summed E-state index contributed by atoms with van der Waals surface area (Å²) < 4.78 is 26.8. The van der Waals surface area contributed by atoms with Crippen molar-refractivity contribution in [3.8, 4) is 0 Å². The van der Waals surface area contributed by atoms with Gasteiger partial charge < -0.3 is 5.32 Å². The molecule has 0 saturated heterocycles. The highest BCUT2D eigenvalue weighted by Gasteiger charge is 2.08. The van der Waals surface area contributed by atoms with E-state index in [1.807, 2.05) is 42.5 Å². The SMILES string of the molecule is O=C(NCc1cccc(Cl)c1)c1ccc(NS(=O)(=O)C=Cc2ccccc2)cc1. The summed E-state index contributed by atoms with van der Waals surface area (Å²) in [6.45, 7) is 0.345. The summed E-state index contributed by atoms with van der Waals surface area (Å²) in [6.07, 6.45) is 1.51. The van der Waals surface area contributed by atoms with Crippen LogP contribution in [0.2, 0.25) is 5.02 Å². The summed E-state index contributed by atoms with van der Waals surface area (Å²) in [4.78, 5) is 12.3. The van der Waals surface area contributed by atoms with Crippen molar-refractivity contribution < 1.29 is 13.2 Å². The Kier molecular flexibility index (Phi) is 6.69. The van der Waals surface area contributed by atoms with Crippen molar-refractivity contribution in [1.82, 2.24) is 5.32 Å². The molecule has 0 aromatic heterocycles. The molecule has 1 amide bonds. The van der Waals surface area contributed by atoms with Crippen LogP contribution < -0.4 is 10.0 Å². The zero-order chi connectivity index (χ0) is 20.7. The fourth-order valence-corrected chi connectivity index (χ4v) is 3.63. The van der Waals surface area contributed by atoms with Gasteiger partial charge in [0.15, 0.2) is 0 Å². The van der Waals surface area contributed by atoms with Crippen molar-refractivity contribution in [3.63, 3.8) is 0 Å². The molecule has 0 unspecified atom stereocenters. The highest BCUT2D eigenvalue weighted by molar-refractivity contribution is 7.95. The van der Waals surface area contributed by atoms with Crippen LogP contribution >= 0.6 is 11.6 Å². The molecule has 0 fully saturated rings. The second-order valence-corrected chi connectivity index (χ2v) is 8.25. The average molecular weight is 427 g/mol. The van der Waals surface area contributed by atoms with Crippen molar-refractivity contribution in [2.24, 2.45) is 0 Å². The van der Waals surface area contributed by atoms with Gasteiger partial charge in [-0.15, -0.1) is 0 Å². The Bertz CT molecular complexity index is 1110. The van der Waals surface area contributed by atoms with Crippen LogP contribution in [0.25, 0.3) is 6.08 Å². The molecule has 0 radical (unpaired) electrons. The lowest BCUT2D eigenvalue weighted by atomic mass is 10.2. The molecule has 0 spiro atoms. The monoisotopic (exact) mass is 426 g/mol. The topological polar surface area (TPSA) is 75.3 Å². The quantitative estimate of drug-likeness (QED) is 0.575. The summed E-state index contributed by atoms with van der Waals surface area (Å²) >= 11 is 5.93. The summed E-state index contributed by atoms with van der Waals surface area (Å²) in [5.41, 5.74) is 2.47. The molecule has 0 saturated carbocycles. The van der Waals surface area contributed by atoms with Crippen LogP contribution in [0.3, 0.4) is 0 Å². The molecule has 0 bridgehead atoms. The number of carbonyl (C=O) groups is 1. The molecule has 3 rings (SSSR count). The van der Waals surface area contributed by atoms with Crippen LogP contribution in [-0.4, -0.2) is 14.3 Å². The van der Waals surface area contributed by atoms with E-state index in [0.29, 0.717) is 22.8 Å². The minimum absolute atomic E-state index is 0.261. The molecule has 2 N–H and O–H groups in total. The largest absolute Gasteiger partial charge is 0.348 e. The van der Waals surface area contributed by atoms with E-state index in [0.717, 1.165) is 16.5 Å². The first-order valence-corrected chi connectivity index (χ1v) is 10.7. The third-order valence-corrected chi connectivity index (χ3v) is 5.24. The fourth-order valence-electron chi connectivity index (χ4n) is 2.55. The van der Waals surface area contributed by atoms with Crippen molar-refractivity contribution >= 4 is 39.3 Å². The minimum atomic E-state index is -3.66. The molecule has 29 heavy (non-hydrogen) atoms. The van der Waals surface area contributed by atoms with Gasteiger partial charge in [-0.2, -0.15) is 0 Å². The predicted molar refractivity (Wildman–Crippen MR) is 117 cm³/mol. The molecule has 0 aliphatic rings. The van der Waals surface area contributed by atoms with Crippen LogP contribution in [0.15, 0.2) is 84.3 Å². The maximum Gasteiger partial charge on any atom is 0.255 e. The number of amides is 1. The average Bonchev–Trinajstić information content (AvgIpc) is 2.72.